The van der Waals surface area contributed by atoms with E-state index in [4.69, 9.17) is 4.42 Å². The van der Waals surface area contributed by atoms with Gasteiger partial charge in [-0.25, -0.2) is 4.98 Å². The Labute approximate surface area is 161 Å². The third-order valence-electron chi connectivity index (χ3n) is 4.67. The first kappa shape index (κ1) is 17.7. The van der Waals surface area contributed by atoms with E-state index in [0.29, 0.717) is 23.0 Å². The zero-order valence-corrected chi connectivity index (χ0v) is 15.6. The monoisotopic (exact) mass is 373 g/mol. The predicted octanol–water partition coefficient (Wildman–Crippen LogP) is 3.32. The van der Waals surface area contributed by atoms with E-state index < -0.39 is 11.1 Å². The third-order valence-corrected chi connectivity index (χ3v) is 4.67. The van der Waals surface area contributed by atoms with Gasteiger partial charge < -0.3 is 8.98 Å². The van der Waals surface area contributed by atoms with E-state index in [2.05, 4.69) is 4.98 Å². The summed E-state index contributed by atoms with van der Waals surface area (Å²) in [6.45, 7) is 3.87. The highest BCUT2D eigenvalue weighted by Crippen LogP contribution is 2.21. The fourth-order valence-corrected chi connectivity index (χ4v) is 3.10. The van der Waals surface area contributed by atoms with Crippen LogP contribution in [0, 0.1) is 13.8 Å². The van der Waals surface area contributed by atoms with Gasteiger partial charge in [0.05, 0.1) is 12.2 Å². The number of rotatable bonds is 4. The van der Waals surface area contributed by atoms with E-state index in [9.17, 15) is 9.59 Å². The number of hydrogen-bond donors (Lipinski definition) is 0. The van der Waals surface area contributed by atoms with Gasteiger partial charge >= 0.3 is 11.1 Å². The molecule has 28 heavy (non-hydrogen) atoms. The van der Waals surface area contributed by atoms with Crippen LogP contribution in [0.15, 0.2) is 81.0 Å². The maximum Gasteiger partial charge on any atom is 0.320 e. The van der Waals surface area contributed by atoms with Gasteiger partial charge in [0.2, 0.25) is 5.89 Å². The van der Waals surface area contributed by atoms with Crippen LogP contribution < -0.4 is 11.1 Å². The SMILES string of the molecule is Cc1ccccc1-n1ccn(Cc2nc(-c3ccccc3)oc2C)c(=O)c1=O. The van der Waals surface area contributed by atoms with Crippen LogP contribution >= 0.6 is 0 Å². The first-order valence-corrected chi connectivity index (χ1v) is 8.94. The van der Waals surface area contributed by atoms with Crippen molar-refractivity contribution in [2.45, 2.75) is 20.4 Å². The average molecular weight is 373 g/mol. The maximum atomic E-state index is 12.6. The molecule has 0 saturated carbocycles. The molecule has 0 spiro atoms. The van der Waals surface area contributed by atoms with Crippen LogP contribution in [-0.4, -0.2) is 14.1 Å². The molecule has 0 saturated heterocycles. The van der Waals surface area contributed by atoms with Gasteiger partial charge in [-0.15, -0.1) is 0 Å². The highest BCUT2D eigenvalue weighted by atomic mass is 16.4. The van der Waals surface area contributed by atoms with Crippen molar-refractivity contribution in [2.24, 2.45) is 0 Å². The normalized spacial score (nSPS) is 10.9. The van der Waals surface area contributed by atoms with Crippen LogP contribution in [0.3, 0.4) is 0 Å². The molecule has 0 N–H and O–H groups in total. The Hall–Kier alpha value is -3.67. The summed E-state index contributed by atoms with van der Waals surface area (Å²) in [7, 11) is 0. The van der Waals surface area contributed by atoms with E-state index in [0.717, 1.165) is 11.1 Å². The second-order valence-corrected chi connectivity index (χ2v) is 6.58. The molecule has 0 aliphatic heterocycles. The van der Waals surface area contributed by atoms with Gasteiger partial charge in [-0.2, -0.15) is 0 Å². The lowest BCUT2D eigenvalue weighted by Gasteiger charge is -2.10. The number of nitrogens with zero attached hydrogens (tertiary/aromatic N) is 3. The minimum Gasteiger partial charge on any atom is -0.441 e. The largest absolute Gasteiger partial charge is 0.441 e. The van der Waals surface area contributed by atoms with Crippen LogP contribution in [-0.2, 0) is 6.54 Å². The van der Waals surface area contributed by atoms with Crippen LogP contribution in [0.5, 0.6) is 0 Å². The Morgan fingerprint density at radius 1 is 0.893 bits per heavy atom. The van der Waals surface area contributed by atoms with Crippen molar-refractivity contribution in [3.05, 3.63) is 105 Å². The molecule has 0 atom stereocenters. The zero-order chi connectivity index (χ0) is 19.7. The summed E-state index contributed by atoms with van der Waals surface area (Å²) in [6.07, 6.45) is 3.21. The van der Waals surface area contributed by atoms with E-state index in [1.54, 1.807) is 19.3 Å². The van der Waals surface area contributed by atoms with Crippen LogP contribution in [0.1, 0.15) is 17.0 Å². The lowest BCUT2D eigenvalue weighted by Crippen LogP contribution is -2.40. The van der Waals surface area contributed by atoms with Crippen LogP contribution in [0.2, 0.25) is 0 Å². The summed E-state index contributed by atoms with van der Waals surface area (Å²) >= 11 is 0. The topological polar surface area (TPSA) is 70.0 Å². The molecule has 4 aromatic rings. The third kappa shape index (κ3) is 3.20. The van der Waals surface area contributed by atoms with Gasteiger partial charge in [0.25, 0.3) is 0 Å². The summed E-state index contributed by atoms with van der Waals surface area (Å²) in [4.78, 5) is 29.8. The predicted molar refractivity (Wildman–Crippen MR) is 107 cm³/mol. The lowest BCUT2D eigenvalue weighted by molar-refractivity contribution is 0.537. The molecule has 0 radical (unpaired) electrons. The molecule has 0 aliphatic rings. The molecule has 0 unspecified atom stereocenters. The van der Waals surface area contributed by atoms with Crippen LogP contribution in [0.25, 0.3) is 17.1 Å². The Morgan fingerprint density at radius 2 is 1.61 bits per heavy atom. The maximum absolute atomic E-state index is 12.6. The minimum absolute atomic E-state index is 0.171. The van der Waals surface area contributed by atoms with E-state index in [1.165, 1.54) is 9.13 Å². The van der Waals surface area contributed by atoms with Gasteiger partial charge in [0, 0.05) is 18.0 Å². The Morgan fingerprint density at radius 3 is 2.36 bits per heavy atom. The smallest absolute Gasteiger partial charge is 0.320 e. The van der Waals surface area contributed by atoms with Crippen molar-refractivity contribution < 1.29 is 4.42 Å². The number of benzene rings is 2. The molecule has 2 heterocycles. The highest BCUT2D eigenvalue weighted by molar-refractivity contribution is 5.53. The summed E-state index contributed by atoms with van der Waals surface area (Å²) < 4.78 is 8.47. The molecule has 0 fully saturated rings. The summed E-state index contributed by atoms with van der Waals surface area (Å²) in [6, 6.07) is 17.0. The molecule has 140 valence electrons. The molecule has 6 nitrogen and oxygen atoms in total. The molecular formula is C22H19N3O3. The molecule has 6 heteroatoms. The molecule has 0 bridgehead atoms. The number of aromatic nitrogens is 3. The first-order chi connectivity index (χ1) is 13.5. The van der Waals surface area contributed by atoms with Gasteiger partial charge in [-0.05, 0) is 37.6 Å². The number of oxazole rings is 1. The molecule has 2 aromatic heterocycles. The lowest BCUT2D eigenvalue weighted by atomic mass is 10.2. The zero-order valence-electron chi connectivity index (χ0n) is 15.6. The van der Waals surface area contributed by atoms with Gasteiger partial charge in [-0.3, -0.25) is 14.2 Å². The number of hydrogen-bond acceptors (Lipinski definition) is 4. The second-order valence-electron chi connectivity index (χ2n) is 6.58. The first-order valence-electron chi connectivity index (χ1n) is 8.94. The number of aryl methyl sites for hydroxylation is 2. The average Bonchev–Trinajstić information content (AvgIpc) is 3.08. The molecule has 4 rings (SSSR count). The van der Waals surface area contributed by atoms with Gasteiger partial charge in [-0.1, -0.05) is 36.4 Å². The Bertz CT molecular complexity index is 1250. The van der Waals surface area contributed by atoms with Crippen molar-refractivity contribution in [3.63, 3.8) is 0 Å². The van der Waals surface area contributed by atoms with Gasteiger partial charge in [0.15, 0.2) is 0 Å². The second kappa shape index (κ2) is 7.15. The van der Waals surface area contributed by atoms with Crippen molar-refractivity contribution in [2.75, 3.05) is 0 Å². The van der Waals surface area contributed by atoms with Crippen LogP contribution in [0.4, 0.5) is 0 Å². The standard InChI is InChI=1S/C22H19N3O3/c1-15-8-6-7-11-19(15)25-13-12-24(21(26)22(25)27)14-18-16(2)28-20(23-18)17-9-4-3-5-10-17/h3-13H,14H2,1-2H3. The van der Waals surface area contributed by atoms with E-state index in [-0.39, 0.29) is 6.54 Å². The Balaban J connectivity index is 1.70. The van der Waals surface area contributed by atoms with Gasteiger partial charge in [0.1, 0.15) is 11.5 Å². The van der Waals surface area contributed by atoms with Crippen molar-refractivity contribution >= 4 is 0 Å². The molecule has 2 aromatic carbocycles. The van der Waals surface area contributed by atoms with E-state index in [1.807, 2.05) is 61.5 Å². The van der Waals surface area contributed by atoms with Crippen molar-refractivity contribution in [1.29, 1.82) is 0 Å². The summed E-state index contributed by atoms with van der Waals surface area (Å²) in [5.41, 5.74) is 1.89. The number of para-hydroxylation sites is 1. The van der Waals surface area contributed by atoms with E-state index >= 15 is 0 Å². The van der Waals surface area contributed by atoms with Crippen molar-refractivity contribution in [1.82, 2.24) is 14.1 Å². The Kier molecular flexibility index (Phi) is 4.53. The fourth-order valence-electron chi connectivity index (χ4n) is 3.10. The fraction of sp³-hybridized carbons (Fsp3) is 0.136. The minimum atomic E-state index is -0.602. The highest BCUT2D eigenvalue weighted by Gasteiger charge is 2.14. The van der Waals surface area contributed by atoms with Crippen molar-refractivity contribution in [3.8, 4) is 17.1 Å². The molecule has 0 aliphatic carbocycles. The molecular weight excluding hydrogens is 354 g/mol. The quantitative estimate of drug-likeness (QED) is 0.515. The molecule has 0 amide bonds. The summed E-state index contributed by atoms with van der Waals surface area (Å²) in [5, 5.41) is 0. The summed E-state index contributed by atoms with van der Waals surface area (Å²) in [5.74, 6) is 1.11.